The van der Waals surface area contributed by atoms with Crippen molar-refractivity contribution in [2.45, 2.75) is 33.4 Å². The average molecular weight is 403 g/mol. The van der Waals surface area contributed by atoms with Crippen LogP contribution in [0.3, 0.4) is 0 Å². The van der Waals surface area contributed by atoms with Gasteiger partial charge >= 0.3 is 0 Å². The normalized spacial score (nSPS) is 16.9. The van der Waals surface area contributed by atoms with Gasteiger partial charge in [-0.2, -0.15) is 0 Å². The Morgan fingerprint density at radius 3 is 2.70 bits per heavy atom. The maximum atomic E-state index is 5.46. The van der Waals surface area contributed by atoms with E-state index >= 15 is 0 Å². The maximum absolute atomic E-state index is 5.46. The molecule has 3 aromatic rings. The first-order valence-corrected chi connectivity index (χ1v) is 11.3. The molecule has 1 aliphatic heterocycles. The van der Waals surface area contributed by atoms with E-state index in [0.717, 1.165) is 54.7 Å². The summed E-state index contributed by atoms with van der Waals surface area (Å²) in [5.41, 5.74) is 1.24. The molecule has 7 heteroatoms. The standard InChI is InChI=1S/C20H26N4OS2/c1-13(2)14(3)21-19-18-15(16-5-4-10-26-16)12-27-20(18)23-17(22-19)11-24-6-8-25-9-7-24/h4-5,10,12-14H,6-9,11H2,1-3H3,(H,21,22,23)/t14-/m1/s1. The van der Waals surface area contributed by atoms with Gasteiger partial charge in [0.15, 0.2) is 0 Å². The highest BCUT2D eigenvalue weighted by molar-refractivity contribution is 7.18. The quantitative estimate of drug-likeness (QED) is 0.647. The van der Waals surface area contributed by atoms with Crippen molar-refractivity contribution < 1.29 is 4.74 Å². The Balaban J connectivity index is 1.74. The van der Waals surface area contributed by atoms with Gasteiger partial charge in [0, 0.05) is 35.0 Å². The van der Waals surface area contributed by atoms with Crippen LogP contribution in [-0.2, 0) is 11.3 Å². The van der Waals surface area contributed by atoms with E-state index in [-0.39, 0.29) is 0 Å². The minimum Gasteiger partial charge on any atom is -0.379 e. The Bertz CT molecular complexity index is 885. The number of nitrogens with one attached hydrogen (secondary N) is 1. The molecule has 144 valence electrons. The van der Waals surface area contributed by atoms with Crippen LogP contribution in [-0.4, -0.2) is 47.2 Å². The van der Waals surface area contributed by atoms with Crippen LogP contribution in [0.1, 0.15) is 26.6 Å². The molecule has 0 bridgehead atoms. The van der Waals surface area contributed by atoms with Crippen LogP contribution >= 0.6 is 22.7 Å². The van der Waals surface area contributed by atoms with Gasteiger partial charge in [0.05, 0.1) is 25.1 Å². The van der Waals surface area contributed by atoms with Gasteiger partial charge in [0.1, 0.15) is 16.5 Å². The Labute approximate surface area is 168 Å². The first-order valence-electron chi connectivity index (χ1n) is 9.50. The average Bonchev–Trinajstić information content (AvgIpc) is 3.31. The third-order valence-corrected chi connectivity index (χ3v) is 6.88. The molecule has 5 nitrogen and oxygen atoms in total. The molecule has 0 amide bonds. The zero-order valence-corrected chi connectivity index (χ0v) is 17.7. The molecule has 0 spiro atoms. The second-order valence-corrected chi connectivity index (χ2v) is 9.17. The number of ether oxygens (including phenoxy) is 1. The summed E-state index contributed by atoms with van der Waals surface area (Å²) in [4.78, 5) is 14.6. The van der Waals surface area contributed by atoms with Gasteiger partial charge in [-0.1, -0.05) is 19.9 Å². The van der Waals surface area contributed by atoms with Crippen molar-refractivity contribution in [2.75, 3.05) is 31.6 Å². The van der Waals surface area contributed by atoms with Crippen LogP contribution in [0.2, 0.25) is 0 Å². The predicted octanol–water partition coefficient (Wildman–Crippen LogP) is 4.71. The molecule has 1 aliphatic rings. The monoisotopic (exact) mass is 402 g/mol. The first-order chi connectivity index (χ1) is 13.1. The van der Waals surface area contributed by atoms with E-state index < -0.39 is 0 Å². The lowest BCUT2D eigenvalue weighted by molar-refractivity contribution is 0.0331. The summed E-state index contributed by atoms with van der Waals surface area (Å²) < 4.78 is 5.46. The molecular formula is C20H26N4OS2. The molecule has 0 unspecified atom stereocenters. The van der Waals surface area contributed by atoms with E-state index in [1.807, 2.05) is 0 Å². The van der Waals surface area contributed by atoms with Gasteiger partial charge in [0.25, 0.3) is 0 Å². The summed E-state index contributed by atoms with van der Waals surface area (Å²) >= 11 is 3.47. The Morgan fingerprint density at radius 2 is 2.00 bits per heavy atom. The second-order valence-electron chi connectivity index (χ2n) is 7.36. The van der Waals surface area contributed by atoms with Gasteiger partial charge in [-0.05, 0) is 24.3 Å². The Hall–Kier alpha value is -1.54. The Kier molecular flexibility index (Phi) is 5.73. The summed E-state index contributed by atoms with van der Waals surface area (Å²) in [7, 11) is 0. The molecule has 3 aromatic heterocycles. The van der Waals surface area contributed by atoms with Crippen molar-refractivity contribution in [1.29, 1.82) is 0 Å². The summed E-state index contributed by atoms with van der Waals surface area (Å²) in [5.74, 6) is 2.39. The fourth-order valence-electron chi connectivity index (χ4n) is 3.12. The molecule has 4 rings (SSSR count). The van der Waals surface area contributed by atoms with Crippen molar-refractivity contribution >= 4 is 38.7 Å². The molecule has 0 aromatic carbocycles. The molecule has 1 atom stereocenters. The number of morpholine rings is 1. The van der Waals surface area contributed by atoms with Crippen molar-refractivity contribution in [3.63, 3.8) is 0 Å². The van der Waals surface area contributed by atoms with Crippen LogP contribution in [0.5, 0.6) is 0 Å². The van der Waals surface area contributed by atoms with Gasteiger partial charge in [-0.25, -0.2) is 9.97 Å². The molecule has 0 radical (unpaired) electrons. The van der Waals surface area contributed by atoms with Gasteiger partial charge in [-0.15, -0.1) is 22.7 Å². The van der Waals surface area contributed by atoms with E-state index in [2.05, 4.69) is 53.9 Å². The van der Waals surface area contributed by atoms with E-state index in [1.165, 1.54) is 10.4 Å². The SMILES string of the molecule is CC(C)[C@@H](C)Nc1nc(CN2CCOCC2)nc2scc(-c3cccs3)c12. The number of hydrogen-bond acceptors (Lipinski definition) is 7. The third kappa shape index (κ3) is 4.16. The van der Waals surface area contributed by atoms with Crippen LogP contribution in [0.4, 0.5) is 5.82 Å². The molecule has 27 heavy (non-hydrogen) atoms. The zero-order chi connectivity index (χ0) is 18.8. The number of nitrogens with zero attached hydrogens (tertiary/aromatic N) is 3. The maximum Gasteiger partial charge on any atom is 0.146 e. The largest absolute Gasteiger partial charge is 0.379 e. The minimum atomic E-state index is 0.343. The van der Waals surface area contributed by atoms with Crippen molar-refractivity contribution in [3.05, 3.63) is 28.7 Å². The van der Waals surface area contributed by atoms with Gasteiger partial charge in [0.2, 0.25) is 0 Å². The lowest BCUT2D eigenvalue weighted by Crippen LogP contribution is -2.36. The summed E-state index contributed by atoms with van der Waals surface area (Å²) in [6, 6.07) is 4.61. The molecule has 0 saturated carbocycles. The van der Waals surface area contributed by atoms with E-state index in [4.69, 9.17) is 14.7 Å². The highest BCUT2D eigenvalue weighted by Gasteiger charge is 2.20. The number of rotatable bonds is 6. The van der Waals surface area contributed by atoms with Crippen LogP contribution in [0.25, 0.3) is 20.7 Å². The minimum absolute atomic E-state index is 0.343. The van der Waals surface area contributed by atoms with Crippen LogP contribution in [0, 0.1) is 5.92 Å². The smallest absolute Gasteiger partial charge is 0.146 e. The zero-order valence-electron chi connectivity index (χ0n) is 16.1. The predicted molar refractivity (Wildman–Crippen MR) is 115 cm³/mol. The first kappa shape index (κ1) is 18.8. The van der Waals surface area contributed by atoms with Gasteiger partial charge in [-0.3, -0.25) is 4.90 Å². The fourth-order valence-corrected chi connectivity index (χ4v) is 4.90. The molecule has 4 heterocycles. The Morgan fingerprint density at radius 1 is 1.19 bits per heavy atom. The number of aromatic nitrogens is 2. The number of hydrogen-bond donors (Lipinski definition) is 1. The topological polar surface area (TPSA) is 50.3 Å². The van der Waals surface area contributed by atoms with E-state index in [9.17, 15) is 0 Å². The lowest BCUT2D eigenvalue weighted by atomic mass is 10.1. The van der Waals surface area contributed by atoms with E-state index in [1.54, 1.807) is 22.7 Å². The molecular weight excluding hydrogens is 376 g/mol. The summed E-state index contributed by atoms with van der Waals surface area (Å²) in [5, 5.41) is 9.16. The molecule has 1 fully saturated rings. The van der Waals surface area contributed by atoms with Gasteiger partial charge < -0.3 is 10.1 Å². The van der Waals surface area contributed by atoms with Crippen molar-refractivity contribution in [3.8, 4) is 10.4 Å². The number of anilines is 1. The molecule has 1 saturated heterocycles. The summed E-state index contributed by atoms with van der Waals surface area (Å²) in [6.07, 6.45) is 0. The van der Waals surface area contributed by atoms with E-state index in [0.29, 0.717) is 12.0 Å². The fraction of sp³-hybridized carbons (Fsp3) is 0.500. The van der Waals surface area contributed by atoms with Crippen molar-refractivity contribution in [1.82, 2.24) is 14.9 Å². The molecule has 1 N–H and O–H groups in total. The number of thiophene rings is 2. The van der Waals surface area contributed by atoms with Crippen molar-refractivity contribution in [2.24, 2.45) is 5.92 Å². The van der Waals surface area contributed by atoms with Crippen LogP contribution < -0.4 is 5.32 Å². The summed E-state index contributed by atoms with van der Waals surface area (Å²) in [6.45, 7) is 10.9. The highest BCUT2D eigenvalue weighted by Crippen LogP contribution is 2.39. The highest BCUT2D eigenvalue weighted by atomic mass is 32.1. The third-order valence-electron chi connectivity index (χ3n) is 5.10. The lowest BCUT2D eigenvalue weighted by Gasteiger charge is -2.26. The molecule has 0 aliphatic carbocycles. The second kappa shape index (κ2) is 8.22. The number of fused-ring (bicyclic) bond motifs is 1. The van der Waals surface area contributed by atoms with Crippen LogP contribution in [0.15, 0.2) is 22.9 Å².